The van der Waals surface area contributed by atoms with Crippen LogP contribution in [0.25, 0.3) is 11.3 Å². The number of aromatic nitrogens is 2. The largest absolute Gasteiger partial charge is 0.441 e. The summed E-state index contributed by atoms with van der Waals surface area (Å²) in [5.41, 5.74) is 3.10. The number of hydrogen-bond donors (Lipinski definition) is 0. The van der Waals surface area contributed by atoms with Crippen LogP contribution in [0.4, 0.5) is 0 Å². The van der Waals surface area contributed by atoms with E-state index in [1.165, 1.54) is 5.56 Å². The van der Waals surface area contributed by atoms with Gasteiger partial charge in [0.1, 0.15) is 0 Å². The van der Waals surface area contributed by atoms with Crippen molar-refractivity contribution >= 4 is 5.91 Å². The molecule has 0 aliphatic carbocycles. The molecule has 2 aromatic heterocycles. The lowest BCUT2D eigenvalue weighted by Crippen LogP contribution is -2.48. The molecule has 4 rings (SSSR count). The van der Waals surface area contributed by atoms with Crippen LogP contribution in [0.15, 0.2) is 45.5 Å². The van der Waals surface area contributed by atoms with Crippen molar-refractivity contribution in [2.24, 2.45) is 0 Å². The average molecular weight is 394 g/mol. The Morgan fingerprint density at radius 1 is 1.10 bits per heavy atom. The van der Waals surface area contributed by atoms with E-state index in [9.17, 15) is 4.79 Å². The highest BCUT2D eigenvalue weighted by Gasteiger charge is 2.22. The summed E-state index contributed by atoms with van der Waals surface area (Å²) >= 11 is 0. The summed E-state index contributed by atoms with van der Waals surface area (Å²) in [6, 6.07) is 10.1. The van der Waals surface area contributed by atoms with E-state index in [0.717, 1.165) is 55.5 Å². The molecule has 1 aliphatic heterocycles. The van der Waals surface area contributed by atoms with Gasteiger partial charge in [-0.25, -0.2) is 4.98 Å². The summed E-state index contributed by atoms with van der Waals surface area (Å²) in [4.78, 5) is 21.1. The highest BCUT2D eigenvalue weighted by atomic mass is 16.5. The number of piperazine rings is 1. The van der Waals surface area contributed by atoms with Gasteiger partial charge in [-0.15, -0.1) is 0 Å². The van der Waals surface area contributed by atoms with Crippen molar-refractivity contribution in [2.45, 2.75) is 33.2 Å². The third kappa shape index (κ3) is 4.92. The van der Waals surface area contributed by atoms with Crippen molar-refractivity contribution in [1.29, 1.82) is 0 Å². The maximum atomic E-state index is 12.6. The summed E-state index contributed by atoms with van der Waals surface area (Å²) in [5.74, 6) is 2.36. The van der Waals surface area contributed by atoms with Crippen molar-refractivity contribution in [2.75, 3.05) is 26.2 Å². The monoisotopic (exact) mass is 394 g/mol. The van der Waals surface area contributed by atoms with Gasteiger partial charge < -0.3 is 13.8 Å². The second-order valence-electron chi connectivity index (χ2n) is 7.58. The van der Waals surface area contributed by atoms with E-state index in [2.05, 4.69) is 22.0 Å². The molecule has 3 heterocycles. The summed E-state index contributed by atoms with van der Waals surface area (Å²) in [6.07, 6.45) is 2.66. The van der Waals surface area contributed by atoms with E-state index in [1.54, 1.807) is 6.20 Å². The number of oxazole rings is 1. The first kappa shape index (κ1) is 19.4. The molecule has 0 spiro atoms. The van der Waals surface area contributed by atoms with Gasteiger partial charge in [-0.2, -0.15) is 0 Å². The molecule has 1 aromatic carbocycles. The Kier molecular flexibility index (Phi) is 5.76. The number of carbonyl (C=O) groups excluding carboxylic acids is 1. The molecule has 0 saturated carbocycles. The van der Waals surface area contributed by atoms with Crippen LogP contribution in [0.1, 0.15) is 29.3 Å². The number of nitrogens with zero attached hydrogens (tertiary/aromatic N) is 4. The standard InChI is InChI=1S/C22H26N4O3/c1-16-3-5-18(6-4-16)20-14-23-21(28-20)7-8-22(27)26-11-9-25(10-12-26)15-19-13-17(2)24-29-19/h3-6,13-14H,7-12,15H2,1-2H3. The number of benzene rings is 1. The van der Waals surface area contributed by atoms with Crippen LogP contribution < -0.4 is 0 Å². The Labute approximate surface area is 170 Å². The molecule has 0 bridgehead atoms. The lowest BCUT2D eigenvalue weighted by Gasteiger charge is -2.34. The molecule has 0 N–H and O–H groups in total. The summed E-state index contributed by atoms with van der Waals surface area (Å²) < 4.78 is 11.1. The predicted octanol–water partition coefficient (Wildman–Crippen LogP) is 3.22. The molecule has 7 heteroatoms. The maximum absolute atomic E-state index is 12.6. The van der Waals surface area contributed by atoms with E-state index in [4.69, 9.17) is 8.94 Å². The molecule has 0 atom stereocenters. The lowest BCUT2D eigenvalue weighted by molar-refractivity contribution is -0.133. The van der Waals surface area contributed by atoms with Crippen molar-refractivity contribution in [1.82, 2.24) is 19.9 Å². The second kappa shape index (κ2) is 8.61. The fourth-order valence-electron chi connectivity index (χ4n) is 3.52. The minimum absolute atomic E-state index is 0.148. The first-order valence-electron chi connectivity index (χ1n) is 10.0. The zero-order valence-electron chi connectivity index (χ0n) is 16.9. The number of rotatable bonds is 6. The van der Waals surface area contributed by atoms with Crippen LogP contribution in [0.3, 0.4) is 0 Å². The molecule has 3 aromatic rings. The van der Waals surface area contributed by atoms with E-state index < -0.39 is 0 Å². The molecule has 1 fully saturated rings. The summed E-state index contributed by atoms with van der Waals surface area (Å²) in [5, 5.41) is 3.92. The van der Waals surface area contributed by atoms with Crippen LogP contribution in [0, 0.1) is 13.8 Å². The van der Waals surface area contributed by atoms with Crippen LogP contribution >= 0.6 is 0 Å². The Hall–Kier alpha value is -2.93. The summed E-state index contributed by atoms with van der Waals surface area (Å²) in [6.45, 7) is 7.83. The highest BCUT2D eigenvalue weighted by Crippen LogP contribution is 2.21. The molecule has 0 unspecified atom stereocenters. The lowest BCUT2D eigenvalue weighted by atomic mass is 10.1. The third-order valence-corrected chi connectivity index (χ3v) is 5.22. The topological polar surface area (TPSA) is 75.6 Å². The molecule has 0 radical (unpaired) electrons. The first-order valence-corrected chi connectivity index (χ1v) is 10.0. The zero-order chi connectivity index (χ0) is 20.2. The van der Waals surface area contributed by atoms with E-state index in [1.807, 2.05) is 42.2 Å². The first-order chi connectivity index (χ1) is 14.1. The molecular formula is C22H26N4O3. The van der Waals surface area contributed by atoms with Crippen LogP contribution in [-0.4, -0.2) is 52.0 Å². The number of carbonyl (C=O) groups is 1. The van der Waals surface area contributed by atoms with Gasteiger partial charge >= 0.3 is 0 Å². The molecule has 1 aliphatic rings. The zero-order valence-corrected chi connectivity index (χ0v) is 16.9. The van der Waals surface area contributed by atoms with Crippen molar-refractivity contribution in [3.8, 4) is 11.3 Å². The highest BCUT2D eigenvalue weighted by molar-refractivity contribution is 5.76. The van der Waals surface area contributed by atoms with E-state index in [0.29, 0.717) is 18.7 Å². The quantitative estimate of drug-likeness (QED) is 0.639. The molecule has 1 saturated heterocycles. The van der Waals surface area contributed by atoms with E-state index >= 15 is 0 Å². The summed E-state index contributed by atoms with van der Waals surface area (Å²) in [7, 11) is 0. The molecule has 7 nitrogen and oxygen atoms in total. The Bertz CT molecular complexity index is 953. The van der Waals surface area contributed by atoms with E-state index in [-0.39, 0.29) is 5.91 Å². The number of aryl methyl sites for hydroxylation is 3. The molecular weight excluding hydrogens is 368 g/mol. The van der Waals surface area contributed by atoms with Gasteiger partial charge in [0.05, 0.1) is 18.4 Å². The van der Waals surface area contributed by atoms with Crippen LogP contribution in [-0.2, 0) is 17.8 Å². The predicted molar refractivity (Wildman–Crippen MR) is 108 cm³/mol. The fourth-order valence-corrected chi connectivity index (χ4v) is 3.52. The van der Waals surface area contributed by atoms with Gasteiger partial charge in [0.2, 0.25) is 5.91 Å². The maximum Gasteiger partial charge on any atom is 0.223 e. The smallest absolute Gasteiger partial charge is 0.223 e. The Morgan fingerprint density at radius 3 is 2.55 bits per heavy atom. The Morgan fingerprint density at radius 2 is 1.86 bits per heavy atom. The molecule has 1 amide bonds. The van der Waals surface area contributed by atoms with Crippen LogP contribution in [0.5, 0.6) is 0 Å². The van der Waals surface area contributed by atoms with Gasteiger partial charge in [0, 0.05) is 50.7 Å². The fraction of sp³-hybridized carbons (Fsp3) is 0.409. The number of hydrogen-bond acceptors (Lipinski definition) is 6. The van der Waals surface area contributed by atoms with Gasteiger partial charge in [0.25, 0.3) is 0 Å². The molecule has 152 valence electrons. The molecule has 29 heavy (non-hydrogen) atoms. The third-order valence-electron chi connectivity index (χ3n) is 5.22. The minimum Gasteiger partial charge on any atom is -0.441 e. The van der Waals surface area contributed by atoms with Gasteiger partial charge in [-0.1, -0.05) is 35.0 Å². The van der Waals surface area contributed by atoms with Crippen molar-refractivity contribution in [3.05, 3.63) is 59.4 Å². The van der Waals surface area contributed by atoms with Gasteiger partial charge in [0.15, 0.2) is 17.4 Å². The Balaban J connectivity index is 1.24. The van der Waals surface area contributed by atoms with Crippen molar-refractivity contribution < 1.29 is 13.7 Å². The van der Waals surface area contributed by atoms with Crippen LogP contribution in [0.2, 0.25) is 0 Å². The van der Waals surface area contributed by atoms with Gasteiger partial charge in [-0.3, -0.25) is 9.69 Å². The van der Waals surface area contributed by atoms with Gasteiger partial charge in [-0.05, 0) is 13.8 Å². The SMILES string of the molecule is Cc1ccc(-c2cnc(CCC(=O)N3CCN(Cc4cc(C)no4)CC3)o2)cc1. The average Bonchev–Trinajstić information content (AvgIpc) is 3.36. The van der Waals surface area contributed by atoms with Crippen molar-refractivity contribution in [3.63, 3.8) is 0 Å². The second-order valence-corrected chi connectivity index (χ2v) is 7.58. The number of amides is 1. The normalized spacial score (nSPS) is 15.0. The minimum atomic E-state index is 0.148.